The molecule has 186 valence electrons. The summed E-state index contributed by atoms with van der Waals surface area (Å²) in [6, 6.07) is 8.98. The van der Waals surface area contributed by atoms with E-state index in [2.05, 4.69) is 117 Å². The van der Waals surface area contributed by atoms with E-state index >= 15 is 0 Å². The Hall–Kier alpha value is -2.56. The van der Waals surface area contributed by atoms with Gasteiger partial charge in [0.2, 0.25) is 0 Å². The molecule has 1 aromatic rings. The van der Waals surface area contributed by atoms with Gasteiger partial charge in [0.1, 0.15) is 18.2 Å². The maximum Gasteiger partial charge on any atom is 0.127 e. The molecule has 6 unspecified atom stereocenters. The first-order chi connectivity index (χ1) is 17.4. The third-order valence-corrected chi connectivity index (χ3v) is 9.65. The van der Waals surface area contributed by atoms with Crippen LogP contribution in [0.4, 0.5) is 0 Å². The zero-order chi connectivity index (χ0) is 24.9. The number of fused-ring (bicyclic) bond motifs is 2. The molecule has 0 amide bonds. The largest absolute Gasteiger partial charge is 0.351 e. The number of amidine groups is 1. The van der Waals surface area contributed by atoms with Crippen molar-refractivity contribution < 1.29 is 0 Å². The molecular weight excluding hydrogens is 458 g/mol. The number of thioether (sulfide) groups is 1. The van der Waals surface area contributed by atoms with Crippen molar-refractivity contribution in [3.63, 3.8) is 0 Å². The maximum atomic E-state index is 5.26. The lowest BCUT2D eigenvalue weighted by atomic mass is 9.66. The van der Waals surface area contributed by atoms with Gasteiger partial charge in [0.15, 0.2) is 0 Å². The van der Waals surface area contributed by atoms with Crippen LogP contribution in [0.5, 0.6) is 0 Å². The van der Waals surface area contributed by atoms with Gasteiger partial charge >= 0.3 is 0 Å². The monoisotopic (exact) mass is 495 g/mol. The summed E-state index contributed by atoms with van der Waals surface area (Å²) in [5.74, 6) is 2.52. The van der Waals surface area contributed by atoms with Gasteiger partial charge in [-0.05, 0) is 58.4 Å². The molecule has 0 aromatic heterocycles. The van der Waals surface area contributed by atoms with Crippen LogP contribution in [0.25, 0.3) is 0 Å². The molecule has 0 spiro atoms. The van der Waals surface area contributed by atoms with Crippen LogP contribution in [0.2, 0.25) is 0 Å². The molecular formula is C32H37N3S. The van der Waals surface area contributed by atoms with Crippen molar-refractivity contribution in [2.75, 3.05) is 0 Å². The minimum Gasteiger partial charge on any atom is -0.351 e. The van der Waals surface area contributed by atoms with E-state index in [1.807, 2.05) is 11.8 Å². The van der Waals surface area contributed by atoms with Crippen LogP contribution < -0.4 is 10.6 Å². The minimum absolute atomic E-state index is 0.0161. The van der Waals surface area contributed by atoms with Gasteiger partial charge in [-0.2, -0.15) is 0 Å². The lowest BCUT2D eigenvalue weighted by Crippen LogP contribution is -2.59. The first-order valence-electron chi connectivity index (χ1n) is 13.4. The summed E-state index contributed by atoms with van der Waals surface area (Å²) in [6.45, 7) is 9.44. The Labute approximate surface area is 220 Å². The Kier molecular flexibility index (Phi) is 6.21. The van der Waals surface area contributed by atoms with Gasteiger partial charge in [-0.1, -0.05) is 101 Å². The van der Waals surface area contributed by atoms with Crippen LogP contribution >= 0.6 is 11.8 Å². The molecule has 4 heteroatoms. The first kappa shape index (κ1) is 23.8. The quantitative estimate of drug-likeness (QED) is 0.482. The predicted octanol–water partition coefficient (Wildman–Crippen LogP) is 6.84. The van der Waals surface area contributed by atoms with E-state index < -0.39 is 0 Å². The van der Waals surface area contributed by atoms with Gasteiger partial charge in [0, 0.05) is 16.1 Å². The van der Waals surface area contributed by atoms with E-state index in [0.29, 0.717) is 23.0 Å². The van der Waals surface area contributed by atoms with Gasteiger partial charge in [-0.3, -0.25) is 5.32 Å². The summed E-state index contributed by atoms with van der Waals surface area (Å²) in [6.07, 6.45) is 22.6. The van der Waals surface area contributed by atoms with Gasteiger partial charge in [0.05, 0.1) is 0 Å². The van der Waals surface area contributed by atoms with E-state index in [1.165, 1.54) is 27.2 Å². The first-order valence-corrected chi connectivity index (χ1v) is 14.3. The highest BCUT2D eigenvalue weighted by atomic mass is 32.2. The fourth-order valence-corrected chi connectivity index (χ4v) is 8.20. The van der Waals surface area contributed by atoms with Gasteiger partial charge in [-0.25, -0.2) is 4.99 Å². The zero-order valence-electron chi connectivity index (χ0n) is 21.7. The summed E-state index contributed by atoms with van der Waals surface area (Å²) in [5, 5.41) is 8.22. The van der Waals surface area contributed by atoms with Gasteiger partial charge < -0.3 is 5.32 Å². The zero-order valence-corrected chi connectivity index (χ0v) is 22.6. The second kappa shape index (κ2) is 9.39. The smallest absolute Gasteiger partial charge is 0.127 e. The molecule has 2 aliphatic heterocycles. The maximum absolute atomic E-state index is 5.26. The Bertz CT molecular complexity index is 1260. The van der Waals surface area contributed by atoms with E-state index in [0.717, 1.165) is 18.7 Å². The standard InChI is InChI=1S/C32H37N3S/c1-20-10-7-12-22(18-20)29-33-30(23-13-8-11-21(2)19-23)35-31(34-29)24-14-9-17-27-28(24)32(3,4)25-15-5-6-16-26(25)36-27/h5-17,20-21,27-29,31,34H,18-19H2,1-4H3,(H,33,35). The minimum atomic E-state index is -0.0161. The second-order valence-corrected chi connectivity index (χ2v) is 12.7. The predicted molar refractivity (Wildman–Crippen MR) is 153 cm³/mol. The van der Waals surface area contributed by atoms with E-state index in [4.69, 9.17) is 4.99 Å². The fourth-order valence-electron chi connectivity index (χ4n) is 6.49. The molecule has 5 aliphatic rings. The van der Waals surface area contributed by atoms with Crippen molar-refractivity contribution in [2.24, 2.45) is 22.7 Å². The summed E-state index contributed by atoms with van der Waals surface area (Å²) in [4.78, 5) is 6.68. The topological polar surface area (TPSA) is 36.4 Å². The number of nitrogens with one attached hydrogen (secondary N) is 2. The van der Waals surface area contributed by atoms with Gasteiger partial charge in [-0.15, -0.1) is 11.8 Å². The normalized spacial score (nSPS) is 34.4. The highest BCUT2D eigenvalue weighted by Gasteiger charge is 2.47. The summed E-state index contributed by atoms with van der Waals surface area (Å²) < 4.78 is 0. The third kappa shape index (κ3) is 4.29. The number of allylic oxidation sites excluding steroid dienone is 8. The molecule has 0 saturated carbocycles. The fraction of sp³-hybridized carbons (Fsp3) is 0.406. The molecule has 6 atom stereocenters. The highest BCUT2D eigenvalue weighted by Crippen LogP contribution is 2.53. The molecule has 0 radical (unpaired) electrons. The molecule has 36 heavy (non-hydrogen) atoms. The second-order valence-electron chi connectivity index (χ2n) is 11.5. The molecule has 0 bridgehead atoms. The van der Waals surface area contributed by atoms with Crippen LogP contribution in [0, 0.1) is 17.8 Å². The molecule has 3 nitrogen and oxygen atoms in total. The van der Waals surface area contributed by atoms with Crippen LogP contribution in [-0.2, 0) is 5.41 Å². The molecule has 6 rings (SSSR count). The Morgan fingerprint density at radius 2 is 1.67 bits per heavy atom. The molecule has 0 fully saturated rings. The van der Waals surface area contributed by atoms with Crippen molar-refractivity contribution in [3.05, 3.63) is 101 Å². The van der Waals surface area contributed by atoms with Crippen LogP contribution in [0.15, 0.2) is 106 Å². The van der Waals surface area contributed by atoms with Crippen LogP contribution in [0.3, 0.4) is 0 Å². The Morgan fingerprint density at radius 3 is 2.47 bits per heavy atom. The lowest BCUT2D eigenvalue weighted by molar-refractivity contribution is 0.317. The van der Waals surface area contributed by atoms with Crippen LogP contribution in [0.1, 0.15) is 46.1 Å². The van der Waals surface area contributed by atoms with E-state index in [1.54, 1.807) is 0 Å². The number of rotatable bonds is 3. The Balaban J connectivity index is 1.38. The lowest BCUT2D eigenvalue weighted by Gasteiger charge is -2.49. The summed E-state index contributed by atoms with van der Waals surface area (Å²) >= 11 is 2.01. The van der Waals surface area contributed by atoms with Gasteiger partial charge in [0.25, 0.3) is 0 Å². The molecule has 3 aliphatic carbocycles. The summed E-state index contributed by atoms with van der Waals surface area (Å²) in [7, 11) is 0. The molecule has 2 N–H and O–H groups in total. The van der Waals surface area contributed by atoms with E-state index in [9.17, 15) is 0 Å². The number of hydrogen-bond donors (Lipinski definition) is 2. The van der Waals surface area contributed by atoms with E-state index in [-0.39, 0.29) is 17.7 Å². The molecule has 0 saturated heterocycles. The Morgan fingerprint density at radius 1 is 0.917 bits per heavy atom. The highest BCUT2D eigenvalue weighted by molar-refractivity contribution is 8.00. The summed E-state index contributed by atoms with van der Waals surface area (Å²) in [5.41, 5.74) is 5.61. The van der Waals surface area contributed by atoms with Crippen LogP contribution in [-0.4, -0.2) is 23.4 Å². The molecule has 2 heterocycles. The SMILES string of the molecule is CC1C=CC=C(C2=NC(C3=CC=CC(C)C3)NC(C3=CC=CC4Sc5ccccc5C(C)(C)C34)N2)C1. The number of hydrogen-bond acceptors (Lipinski definition) is 4. The van der Waals surface area contributed by atoms with Crippen molar-refractivity contribution in [1.82, 2.24) is 10.6 Å². The average molecular weight is 496 g/mol. The van der Waals surface area contributed by atoms with Crippen molar-refractivity contribution >= 4 is 17.6 Å². The average Bonchev–Trinajstić information content (AvgIpc) is 2.88. The van der Waals surface area contributed by atoms with Crippen molar-refractivity contribution in [3.8, 4) is 0 Å². The van der Waals surface area contributed by atoms with Crippen molar-refractivity contribution in [1.29, 1.82) is 0 Å². The number of nitrogens with zero attached hydrogens (tertiary/aromatic N) is 1. The van der Waals surface area contributed by atoms with Crippen molar-refractivity contribution in [2.45, 2.75) is 68.4 Å². The third-order valence-electron chi connectivity index (χ3n) is 8.34. The number of aliphatic imine (C=N–C) groups is 1. The molecule has 1 aromatic carbocycles. The number of benzene rings is 1.